The van der Waals surface area contributed by atoms with Gasteiger partial charge in [0, 0.05) is 5.39 Å². The number of thiophene rings is 1. The van der Waals surface area contributed by atoms with Crippen LogP contribution in [0.1, 0.15) is 9.67 Å². The molecule has 2 aromatic heterocycles. The van der Waals surface area contributed by atoms with Crippen molar-refractivity contribution in [2.24, 2.45) is 5.84 Å². The van der Waals surface area contributed by atoms with E-state index in [0.29, 0.717) is 10.3 Å². The highest BCUT2D eigenvalue weighted by molar-refractivity contribution is 7.22. The second kappa shape index (κ2) is 4.08. The number of nitrogens with one attached hydrogen (secondary N) is 1. The fraction of sp³-hybridized carbons (Fsp3) is 0. The van der Waals surface area contributed by atoms with Gasteiger partial charge in [-0.25, -0.2) is 10.6 Å². The lowest BCUT2D eigenvalue weighted by Gasteiger charge is -1.97. The fourth-order valence-electron chi connectivity index (χ4n) is 1.96. The summed E-state index contributed by atoms with van der Waals surface area (Å²) in [5, 5.41) is 0.965. The molecule has 0 fully saturated rings. The Morgan fingerprint density at radius 1 is 1.32 bits per heavy atom. The maximum Gasteiger partial charge on any atom is 0.347 e. The van der Waals surface area contributed by atoms with Crippen LogP contribution >= 0.6 is 11.3 Å². The molecule has 0 aliphatic rings. The first-order valence-electron chi connectivity index (χ1n) is 5.38. The first-order valence-corrected chi connectivity index (χ1v) is 6.20. The van der Waals surface area contributed by atoms with Crippen molar-refractivity contribution in [3.63, 3.8) is 0 Å². The topological polar surface area (TPSA) is 111 Å². The molecule has 0 spiro atoms. The highest BCUT2D eigenvalue weighted by Gasteiger charge is 2.20. The normalized spacial score (nSPS) is 11.0. The molecule has 3 rings (SSSR count). The van der Waals surface area contributed by atoms with Crippen LogP contribution in [-0.4, -0.2) is 5.91 Å². The molecule has 0 aliphatic heterocycles. The van der Waals surface area contributed by atoms with Gasteiger partial charge in [0.1, 0.15) is 15.8 Å². The highest BCUT2D eigenvalue weighted by Crippen LogP contribution is 2.35. The Morgan fingerprint density at radius 3 is 2.79 bits per heavy atom. The number of benzene rings is 1. The minimum absolute atomic E-state index is 0.0995. The molecular formula is C12H9N3O3S. The Kier molecular flexibility index (Phi) is 2.51. The van der Waals surface area contributed by atoms with Crippen molar-refractivity contribution >= 4 is 44.0 Å². The number of amides is 1. The van der Waals surface area contributed by atoms with E-state index in [1.165, 1.54) is 0 Å². The fourth-order valence-corrected chi connectivity index (χ4v) is 3.11. The van der Waals surface area contributed by atoms with Crippen molar-refractivity contribution in [2.75, 3.05) is 5.73 Å². The van der Waals surface area contributed by atoms with Gasteiger partial charge in [-0.15, -0.1) is 11.3 Å². The number of carbonyl (C=O) groups is 1. The van der Waals surface area contributed by atoms with Gasteiger partial charge in [-0.1, -0.05) is 12.1 Å². The van der Waals surface area contributed by atoms with E-state index in [0.717, 1.165) is 16.7 Å². The molecule has 0 saturated carbocycles. The van der Waals surface area contributed by atoms with Gasteiger partial charge in [0.2, 0.25) is 0 Å². The van der Waals surface area contributed by atoms with E-state index in [1.807, 2.05) is 11.5 Å². The first kappa shape index (κ1) is 11.7. The minimum Gasteiger partial charge on any atom is -0.422 e. The molecule has 6 nitrogen and oxygen atoms in total. The average Bonchev–Trinajstić information content (AvgIpc) is 2.77. The Bertz CT molecular complexity index is 866. The molecule has 0 unspecified atom stereocenters. The maximum atomic E-state index is 11.9. The zero-order chi connectivity index (χ0) is 13.6. The molecule has 0 atom stereocenters. The van der Waals surface area contributed by atoms with Crippen LogP contribution in [0, 0.1) is 0 Å². The van der Waals surface area contributed by atoms with Gasteiger partial charge in [0.15, 0.2) is 0 Å². The predicted molar refractivity (Wildman–Crippen MR) is 73.9 cm³/mol. The van der Waals surface area contributed by atoms with E-state index in [-0.39, 0.29) is 16.0 Å². The lowest BCUT2D eigenvalue weighted by atomic mass is 10.2. The second-order valence-electron chi connectivity index (χ2n) is 3.91. The summed E-state index contributed by atoms with van der Waals surface area (Å²) >= 11 is 1.12. The van der Waals surface area contributed by atoms with E-state index in [4.69, 9.17) is 16.0 Å². The van der Waals surface area contributed by atoms with Gasteiger partial charge in [0.25, 0.3) is 5.91 Å². The number of hydrogen-bond acceptors (Lipinski definition) is 6. The zero-order valence-electron chi connectivity index (χ0n) is 9.60. The largest absolute Gasteiger partial charge is 0.422 e. The third kappa shape index (κ3) is 1.60. The van der Waals surface area contributed by atoms with Crippen molar-refractivity contribution in [2.45, 2.75) is 0 Å². The molecule has 7 heteroatoms. The molecule has 0 aliphatic carbocycles. The summed E-state index contributed by atoms with van der Waals surface area (Å²) in [7, 11) is 0. The van der Waals surface area contributed by atoms with Crippen LogP contribution in [-0.2, 0) is 0 Å². The van der Waals surface area contributed by atoms with Gasteiger partial charge in [-0.2, -0.15) is 0 Å². The standard InChI is InChI=1S/C12H9N3O3S/c13-8-7-9(19-10(8)11(16)15-14)5-3-1-2-4-6(5)18-12(7)17/h1-4H,13-14H2,(H,15,16). The molecule has 0 bridgehead atoms. The average molecular weight is 275 g/mol. The number of nitrogen functional groups attached to an aromatic ring is 2. The summed E-state index contributed by atoms with van der Waals surface area (Å²) in [5.74, 6) is 4.57. The zero-order valence-corrected chi connectivity index (χ0v) is 10.4. The van der Waals surface area contributed by atoms with Crippen LogP contribution in [0.25, 0.3) is 21.1 Å². The van der Waals surface area contributed by atoms with Crippen molar-refractivity contribution in [1.82, 2.24) is 5.43 Å². The van der Waals surface area contributed by atoms with Gasteiger partial charge in [0.05, 0.1) is 10.4 Å². The van der Waals surface area contributed by atoms with Gasteiger partial charge >= 0.3 is 5.63 Å². The van der Waals surface area contributed by atoms with Crippen LogP contribution in [0.3, 0.4) is 0 Å². The number of anilines is 1. The molecule has 3 aromatic rings. The number of hydrazine groups is 1. The van der Waals surface area contributed by atoms with Crippen LogP contribution < -0.4 is 22.6 Å². The Hall–Kier alpha value is -2.38. The lowest BCUT2D eigenvalue weighted by molar-refractivity contribution is 0.0958. The predicted octanol–water partition coefficient (Wildman–Crippen LogP) is 1.19. The molecule has 1 amide bonds. The molecule has 19 heavy (non-hydrogen) atoms. The summed E-state index contributed by atoms with van der Waals surface area (Å²) in [6.45, 7) is 0. The van der Waals surface area contributed by atoms with Crippen LogP contribution in [0.4, 0.5) is 5.69 Å². The van der Waals surface area contributed by atoms with E-state index in [1.54, 1.807) is 18.2 Å². The second-order valence-corrected chi connectivity index (χ2v) is 4.93. The van der Waals surface area contributed by atoms with Crippen molar-refractivity contribution in [3.8, 4) is 0 Å². The van der Waals surface area contributed by atoms with Gasteiger partial charge in [-0.05, 0) is 12.1 Å². The highest BCUT2D eigenvalue weighted by atomic mass is 32.1. The molecular weight excluding hydrogens is 266 g/mol. The Labute approximate surface area is 110 Å². The van der Waals surface area contributed by atoms with Crippen molar-refractivity contribution in [3.05, 3.63) is 39.6 Å². The van der Waals surface area contributed by atoms with Crippen molar-refractivity contribution in [1.29, 1.82) is 0 Å². The molecule has 0 saturated heterocycles. The smallest absolute Gasteiger partial charge is 0.347 e. The van der Waals surface area contributed by atoms with Gasteiger partial charge in [-0.3, -0.25) is 10.2 Å². The van der Waals surface area contributed by atoms with Crippen LogP contribution in [0.15, 0.2) is 33.5 Å². The van der Waals surface area contributed by atoms with E-state index in [2.05, 4.69) is 0 Å². The third-order valence-electron chi connectivity index (χ3n) is 2.82. The van der Waals surface area contributed by atoms with E-state index >= 15 is 0 Å². The number of para-hydroxylation sites is 1. The number of hydrogen-bond donors (Lipinski definition) is 3. The third-order valence-corrected chi connectivity index (χ3v) is 4.06. The molecule has 96 valence electrons. The van der Waals surface area contributed by atoms with E-state index in [9.17, 15) is 9.59 Å². The number of fused-ring (bicyclic) bond motifs is 3. The summed E-state index contributed by atoms with van der Waals surface area (Å²) in [6.07, 6.45) is 0. The Balaban J connectivity index is 2.52. The molecule has 5 N–H and O–H groups in total. The summed E-state index contributed by atoms with van der Waals surface area (Å²) in [4.78, 5) is 23.8. The SMILES string of the molecule is NNC(=O)c1sc2c(c1N)c(=O)oc1ccccc12. The summed E-state index contributed by atoms with van der Waals surface area (Å²) in [6, 6.07) is 7.08. The quantitative estimate of drug-likeness (QED) is 0.267. The number of carbonyl (C=O) groups excluding carboxylic acids is 1. The summed E-state index contributed by atoms with van der Waals surface area (Å²) in [5.41, 5.74) is 7.85. The van der Waals surface area contributed by atoms with E-state index < -0.39 is 11.5 Å². The van der Waals surface area contributed by atoms with Crippen LogP contribution in [0.2, 0.25) is 0 Å². The lowest BCUT2D eigenvalue weighted by Crippen LogP contribution is -2.29. The minimum atomic E-state index is -0.557. The molecule has 2 heterocycles. The number of nitrogens with two attached hydrogens (primary N) is 2. The Morgan fingerprint density at radius 2 is 2.05 bits per heavy atom. The first-order chi connectivity index (χ1) is 9.13. The maximum absolute atomic E-state index is 11.9. The van der Waals surface area contributed by atoms with Crippen molar-refractivity contribution < 1.29 is 9.21 Å². The monoisotopic (exact) mass is 275 g/mol. The van der Waals surface area contributed by atoms with Crippen LogP contribution in [0.5, 0.6) is 0 Å². The molecule has 1 aromatic carbocycles. The molecule has 0 radical (unpaired) electrons. The van der Waals surface area contributed by atoms with Gasteiger partial charge < -0.3 is 10.2 Å². The summed E-state index contributed by atoms with van der Waals surface area (Å²) < 4.78 is 5.82. The number of rotatable bonds is 1.